The Morgan fingerprint density at radius 3 is 1.29 bits per heavy atom. The fraction of sp³-hybridized carbons (Fsp3) is 0. The minimum Gasteiger partial charge on any atom is -0.309 e. The van der Waals surface area contributed by atoms with E-state index in [4.69, 9.17) is 36.8 Å². The molecule has 8 nitrogen and oxygen atoms in total. The van der Waals surface area contributed by atoms with Crippen molar-refractivity contribution in [1.82, 2.24) is 39.0 Å². The maximum atomic E-state index is 8.80. The molecule has 0 aliphatic rings. The van der Waals surface area contributed by atoms with Gasteiger partial charge < -0.3 is 4.57 Å². The van der Waals surface area contributed by atoms with Crippen LogP contribution in [0, 0.1) is 0 Å². The van der Waals surface area contributed by atoms with Gasteiger partial charge in [0.15, 0.2) is 29.1 Å². The van der Waals surface area contributed by atoms with Crippen LogP contribution in [-0.2, 0) is 0 Å². The molecule has 0 fully saturated rings. The highest BCUT2D eigenvalue weighted by Crippen LogP contribution is 2.40. The molecule has 0 radical (unpaired) electrons. The van der Waals surface area contributed by atoms with Gasteiger partial charge in [-0.15, -0.1) is 0 Å². The molecule has 0 amide bonds. The van der Waals surface area contributed by atoms with E-state index >= 15 is 0 Å². The molecule has 0 unspecified atom stereocenters. The average molecular weight is 876 g/mol. The summed E-state index contributed by atoms with van der Waals surface area (Å²) in [6.07, 6.45) is 0. The van der Waals surface area contributed by atoms with Crippen molar-refractivity contribution >= 4 is 43.6 Å². The Morgan fingerprint density at radius 1 is 0.294 bits per heavy atom. The number of rotatable bonds is 8. The minimum atomic E-state index is -0.440. The first-order chi connectivity index (χ1) is 35.8. The van der Waals surface area contributed by atoms with Crippen molar-refractivity contribution in [3.8, 4) is 79.7 Å². The highest BCUT2D eigenvalue weighted by atomic mass is 15.2. The molecular formula is C60H38N8. The van der Waals surface area contributed by atoms with Crippen molar-refractivity contribution in [2.45, 2.75) is 0 Å². The first-order valence-electron chi connectivity index (χ1n) is 24.7. The van der Waals surface area contributed by atoms with Gasteiger partial charge in [-0.05, 0) is 59.7 Å². The van der Waals surface area contributed by atoms with Gasteiger partial charge in [-0.25, -0.2) is 19.9 Å². The maximum Gasteiger partial charge on any atom is 0.238 e. The third-order valence-electron chi connectivity index (χ3n) is 12.3. The quantitative estimate of drug-likeness (QED) is 0.151. The number of para-hydroxylation sites is 3. The molecule has 0 atom stereocenters. The van der Waals surface area contributed by atoms with Gasteiger partial charge in [0.25, 0.3) is 0 Å². The summed E-state index contributed by atoms with van der Waals surface area (Å²) in [7, 11) is 0. The highest BCUT2D eigenvalue weighted by Gasteiger charge is 2.23. The Hall–Kier alpha value is -9.40. The van der Waals surface area contributed by atoms with E-state index in [9.17, 15) is 0 Å². The number of aromatic nitrogens is 8. The maximum absolute atomic E-state index is 8.80. The predicted octanol–water partition coefficient (Wildman–Crippen LogP) is 14.3. The van der Waals surface area contributed by atoms with E-state index in [1.807, 2.05) is 150 Å². The summed E-state index contributed by atoms with van der Waals surface area (Å²) in [5, 5.41) is 3.84. The van der Waals surface area contributed by atoms with Crippen LogP contribution in [0.4, 0.5) is 0 Å². The zero-order chi connectivity index (χ0) is 49.3. The molecule has 0 aliphatic carbocycles. The van der Waals surface area contributed by atoms with E-state index < -0.39 is 18.1 Å². The Balaban J connectivity index is 1.10. The number of hydrogen-bond donors (Lipinski definition) is 0. The molecule has 4 heterocycles. The minimum absolute atomic E-state index is 0.126. The monoisotopic (exact) mass is 875 g/mol. The molecule has 0 bridgehead atoms. The van der Waals surface area contributed by atoms with Gasteiger partial charge in [0, 0.05) is 49.4 Å². The van der Waals surface area contributed by atoms with Crippen LogP contribution >= 0.6 is 0 Å². The van der Waals surface area contributed by atoms with Gasteiger partial charge in [-0.1, -0.05) is 182 Å². The van der Waals surface area contributed by atoms with Crippen LogP contribution in [0.2, 0.25) is 0 Å². The van der Waals surface area contributed by atoms with E-state index in [-0.39, 0.29) is 17.6 Å². The lowest BCUT2D eigenvalue weighted by Crippen LogP contribution is -2.08. The second-order valence-electron chi connectivity index (χ2n) is 16.4. The molecule has 68 heavy (non-hydrogen) atoms. The van der Waals surface area contributed by atoms with Crippen molar-refractivity contribution in [3.05, 3.63) is 230 Å². The summed E-state index contributed by atoms with van der Waals surface area (Å²) in [5.74, 6) is 2.73. The second-order valence-corrected chi connectivity index (χ2v) is 16.4. The zero-order valence-electron chi connectivity index (χ0n) is 41.1. The van der Waals surface area contributed by atoms with Crippen LogP contribution in [-0.4, -0.2) is 39.0 Å². The van der Waals surface area contributed by atoms with Crippen LogP contribution in [0.25, 0.3) is 123 Å². The lowest BCUT2D eigenvalue weighted by molar-refractivity contribution is 0.951. The average Bonchev–Trinajstić information content (AvgIpc) is 3.97. The van der Waals surface area contributed by atoms with Crippen molar-refractivity contribution in [3.63, 3.8) is 0 Å². The largest absolute Gasteiger partial charge is 0.309 e. The van der Waals surface area contributed by atoms with Crippen LogP contribution in [0.5, 0.6) is 0 Å². The molecule has 4 aromatic heterocycles. The zero-order valence-corrected chi connectivity index (χ0v) is 36.1. The third kappa shape index (κ3) is 6.70. The lowest BCUT2D eigenvalue weighted by Gasteiger charge is -2.17. The smallest absolute Gasteiger partial charge is 0.238 e. The van der Waals surface area contributed by atoms with Gasteiger partial charge in [-0.3, -0.25) is 4.57 Å². The molecule has 8 heteroatoms. The summed E-state index contributed by atoms with van der Waals surface area (Å²) >= 11 is 0. The summed E-state index contributed by atoms with van der Waals surface area (Å²) in [5.41, 5.74) is 8.90. The summed E-state index contributed by atoms with van der Waals surface area (Å²) in [6, 6.07) is 64.3. The van der Waals surface area contributed by atoms with Crippen molar-refractivity contribution in [2.75, 3.05) is 0 Å². The van der Waals surface area contributed by atoms with Gasteiger partial charge in [0.1, 0.15) is 0 Å². The number of benzene rings is 9. The van der Waals surface area contributed by atoms with Crippen molar-refractivity contribution in [1.29, 1.82) is 0 Å². The second kappa shape index (κ2) is 16.2. The van der Waals surface area contributed by atoms with E-state index in [0.717, 1.165) is 71.6 Å². The first kappa shape index (κ1) is 34.0. The normalized spacial score (nSPS) is 12.6. The summed E-state index contributed by atoms with van der Waals surface area (Å²) < 4.78 is 46.9. The summed E-state index contributed by atoms with van der Waals surface area (Å²) in [6.45, 7) is 0. The molecule has 0 N–H and O–H groups in total. The van der Waals surface area contributed by atoms with Gasteiger partial charge in [0.2, 0.25) is 5.95 Å². The number of fused-ring (bicyclic) bond motifs is 6. The SMILES string of the molecule is [2H]c1c([2H])c([2H])c(-c2ccc3c(c2)c2ccccc2n3-c2nc(-c3ccccc3)nc(-c3cc(-c4nc(-c5ccccc5)nc(-c5ccccc5)n4)ccc3-n3c4ccccc4c4ccccc43)n2)c([2H])c1[2H]. The number of nitrogens with zero attached hydrogens (tertiary/aromatic N) is 8. The molecule has 0 saturated carbocycles. The first-order valence-corrected chi connectivity index (χ1v) is 22.2. The third-order valence-corrected chi connectivity index (χ3v) is 12.3. The van der Waals surface area contributed by atoms with Crippen molar-refractivity contribution in [2.24, 2.45) is 0 Å². The van der Waals surface area contributed by atoms with E-state index in [1.165, 1.54) is 0 Å². The van der Waals surface area contributed by atoms with Crippen molar-refractivity contribution < 1.29 is 6.85 Å². The summed E-state index contributed by atoms with van der Waals surface area (Å²) in [4.78, 5) is 31.3. The van der Waals surface area contributed by atoms with Crippen LogP contribution in [0.15, 0.2) is 230 Å². The Morgan fingerprint density at radius 2 is 0.721 bits per heavy atom. The fourth-order valence-corrected chi connectivity index (χ4v) is 9.21. The topological polar surface area (TPSA) is 87.2 Å². The van der Waals surface area contributed by atoms with E-state index in [2.05, 4.69) is 53.1 Å². The highest BCUT2D eigenvalue weighted by molar-refractivity contribution is 6.11. The van der Waals surface area contributed by atoms with E-state index in [0.29, 0.717) is 46.2 Å². The molecule has 13 rings (SSSR count). The fourth-order valence-electron chi connectivity index (χ4n) is 9.21. The Labute approximate surface area is 398 Å². The molecular weight excluding hydrogens is 833 g/mol. The molecule has 0 spiro atoms. The molecule has 9 aromatic carbocycles. The lowest BCUT2D eigenvalue weighted by atomic mass is 10.0. The molecule has 318 valence electrons. The van der Waals surface area contributed by atoms with Gasteiger partial charge in [-0.2, -0.15) is 9.97 Å². The van der Waals surface area contributed by atoms with Crippen LogP contribution in [0.3, 0.4) is 0 Å². The molecule has 0 aliphatic heterocycles. The standard InChI is InChI=1S/C60H38N8/c1-5-19-39(20-6-1)43-33-35-53-48(37-43)47-29-15-18-32-52(47)68(53)60-65-57(42-25-11-4-12-26-42)64-59(66-60)49-38-44(34-36-54(49)67-50-30-16-13-27-45(50)46-28-14-17-31-51(46)67)58-62-55(40-21-7-2-8-22-40)61-56(63-58)41-23-9-3-10-24-41/h1-38H/i1D,5D,6D,19D,20D. The number of hydrogen-bond acceptors (Lipinski definition) is 6. The predicted molar refractivity (Wildman–Crippen MR) is 275 cm³/mol. The van der Waals surface area contributed by atoms with Gasteiger partial charge >= 0.3 is 0 Å². The Bertz CT molecular complexity index is 4190. The molecule has 13 aromatic rings. The molecule has 0 saturated heterocycles. The van der Waals surface area contributed by atoms with Crippen LogP contribution < -0.4 is 0 Å². The van der Waals surface area contributed by atoms with E-state index in [1.54, 1.807) is 6.07 Å². The van der Waals surface area contributed by atoms with Gasteiger partial charge in [0.05, 0.1) is 34.6 Å². The Kier molecular flexibility index (Phi) is 8.12. The van der Waals surface area contributed by atoms with Crippen LogP contribution in [0.1, 0.15) is 6.85 Å².